The van der Waals surface area contributed by atoms with Gasteiger partial charge in [0.25, 0.3) is 0 Å². The van der Waals surface area contributed by atoms with Gasteiger partial charge < -0.3 is 5.73 Å². The van der Waals surface area contributed by atoms with E-state index in [9.17, 15) is 0 Å². The molecule has 0 fully saturated rings. The molecule has 1 nitrogen and oxygen atoms in total. The van der Waals surface area contributed by atoms with E-state index < -0.39 is 0 Å². The first-order chi connectivity index (χ1) is 9.65. The molecular formula is C17H27BrIN. The molecule has 0 aliphatic heterocycles. The van der Waals surface area contributed by atoms with E-state index in [4.69, 9.17) is 5.73 Å². The topological polar surface area (TPSA) is 26.0 Å². The van der Waals surface area contributed by atoms with Crippen LogP contribution >= 0.6 is 38.5 Å². The maximum Gasteiger partial charge on any atom is 0.0305 e. The normalized spacial score (nSPS) is 12.6. The molecule has 1 aromatic rings. The van der Waals surface area contributed by atoms with Crippen LogP contribution in [0.1, 0.15) is 76.3 Å². The van der Waals surface area contributed by atoms with Crippen molar-refractivity contribution < 1.29 is 0 Å². The Morgan fingerprint density at radius 3 is 2.30 bits per heavy atom. The highest BCUT2D eigenvalue weighted by atomic mass is 127. The summed E-state index contributed by atoms with van der Waals surface area (Å²) in [6.07, 6.45) is 12.0. The predicted molar refractivity (Wildman–Crippen MR) is 101 cm³/mol. The van der Waals surface area contributed by atoms with Gasteiger partial charge in [0, 0.05) is 14.1 Å². The Morgan fingerprint density at radius 1 is 1.05 bits per heavy atom. The van der Waals surface area contributed by atoms with E-state index in [1.165, 1.54) is 60.5 Å². The molecule has 0 saturated heterocycles. The zero-order chi connectivity index (χ0) is 14.8. The van der Waals surface area contributed by atoms with Crippen molar-refractivity contribution in [2.75, 3.05) is 0 Å². The molecular weight excluding hydrogens is 425 g/mol. The van der Waals surface area contributed by atoms with Crippen LogP contribution in [0.2, 0.25) is 0 Å². The van der Waals surface area contributed by atoms with Crippen LogP contribution in [0.15, 0.2) is 22.7 Å². The van der Waals surface area contributed by atoms with Gasteiger partial charge in [0.15, 0.2) is 0 Å². The summed E-state index contributed by atoms with van der Waals surface area (Å²) in [4.78, 5) is 0. The van der Waals surface area contributed by atoms with Crippen molar-refractivity contribution >= 4 is 38.5 Å². The number of halogens is 2. The Labute approximate surface area is 146 Å². The Morgan fingerprint density at radius 2 is 1.65 bits per heavy atom. The second kappa shape index (κ2) is 11.0. The van der Waals surface area contributed by atoms with Crippen molar-refractivity contribution in [1.82, 2.24) is 0 Å². The lowest BCUT2D eigenvalue weighted by Crippen LogP contribution is -2.11. The molecule has 0 radical (unpaired) electrons. The minimum absolute atomic E-state index is 0.180. The molecule has 0 aliphatic rings. The molecule has 0 amide bonds. The van der Waals surface area contributed by atoms with Gasteiger partial charge in [-0.3, -0.25) is 0 Å². The monoisotopic (exact) mass is 451 g/mol. The molecule has 0 bridgehead atoms. The summed E-state index contributed by atoms with van der Waals surface area (Å²) in [5.74, 6) is 0. The third kappa shape index (κ3) is 7.41. The Bertz CT molecular complexity index is 381. The van der Waals surface area contributed by atoms with Crippen LogP contribution in [-0.2, 0) is 0 Å². The maximum atomic E-state index is 6.32. The summed E-state index contributed by atoms with van der Waals surface area (Å²) < 4.78 is 2.40. The Balaban J connectivity index is 2.17. The number of hydrogen-bond donors (Lipinski definition) is 1. The first-order valence-electron chi connectivity index (χ1n) is 7.85. The van der Waals surface area contributed by atoms with Crippen molar-refractivity contribution in [3.05, 3.63) is 31.8 Å². The average Bonchev–Trinajstić information content (AvgIpc) is 2.44. The van der Waals surface area contributed by atoms with Gasteiger partial charge in [-0.15, -0.1) is 0 Å². The number of nitrogens with two attached hydrogens (primary N) is 1. The Kier molecular flexibility index (Phi) is 10.2. The van der Waals surface area contributed by atoms with E-state index in [1.54, 1.807) is 0 Å². The number of benzene rings is 1. The van der Waals surface area contributed by atoms with Crippen LogP contribution in [0.25, 0.3) is 0 Å². The lowest BCUT2D eigenvalue weighted by atomic mass is 10.0. The van der Waals surface area contributed by atoms with Crippen molar-refractivity contribution in [2.24, 2.45) is 5.73 Å². The molecule has 1 aromatic carbocycles. The lowest BCUT2D eigenvalue weighted by molar-refractivity contribution is 0.535. The van der Waals surface area contributed by atoms with Crippen LogP contribution in [0.3, 0.4) is 0 Å². The Hall–Kier alpha value is 0.390. The number of unbranched alkanes of at least 4 members (excludes halogenated alkanes) is 7. The van der Waals surface area contributed by atoms with Gasteiger partial charge in [-0.2, -0.15) is 0 Å². The van der Waals surface area contributed by atoms with Crippen LogP contribution in [-0.4, -0.2) is 0 Å². The quantitative estimate of drug-likeness (QED) is 0.315. The van der Waals surface area contributed by atoms with Crippen molar-refractivity contribution in [3.8, 4) is 0 Å². The zero-order valence-electron chi connectivity index (χ0n) is 12.5. The van der Waals surface area contributed by atoms with Crippen molar-refractivity contribution in [3.63, 3.8) is 0 Å². The van der Waals surface area contributed by atoms with Crippen LogP contribution in [0.4, 0.5) is 0 Å². The summed E-state index contributed by atoms with van der Waals surface area (Å²) in [7, 11) is 0. The fourth-order valence-electron chi connectivity index (χ4n) is 2.45. The highest BCUT2D eigenvalue weighted by Crippen LogP contribution is 2.26. The molecule has 20 heavy (non-hydrogen) atoms. The van der Waals surface area contributed by atoms with E-state index in [0.29, 0.717) is 0 Å². The van der Waals surface area contributed by atoms with Crippen LogP contribution in [0.5, 0.6) is 0 Å². The van der Waals surface area contributed by atoms with E-state index >= 15 is 0 Å². The molecule has 0 saturated carbocycles. The van der Waals surface area contributed by atoms with Gasteiger partial charge in [0.1, 0.15) is 0 Å². The second-order valence-electron chi connectivity index (χ2n) is 5.54. The van der Waals surface area contributed by atoms with Crippen molar-refractivity contribution in [2.45, 2.75) is 70.8 Å². The summed E-state index contributed by atoms with van der Waals surface area (Å²) in [6.45, 7) is 2.27. The first kappa shape index (κ1) is 18.4. The molecule has 114 valence electrons. The minimum Gasteiger partial charge on any atom is -0.324 e. The van der Waals surface area contributed by atoms with E-state index in [1.807, 2.05) is 0 Å². The third-order valence-corrected chi connectivity index (χ3v) is 5.20. The molecule has 1 rings (SSSR count). The molecule has 0 heterocycles. The van der Waals surface area contributed by atoms with Crippen LogP contribution in [0, 0.1) is 3.57 Å². The SMILES string of the molecule is CCCCCCCCCCC(N)c1cc(Br)ccc1I. The van der Waals surface area contributed by atoms with Gasteiger partial charge in [0.2, 0.25) is 0 Å². The van der Waals surface area contributed by atoms with E-state index in [0.717, 1.165) is 10.9 Å². The fourth-order valence-corrected chi connectivity index (χ4v) is 3.57. The van der Waals surface area contributed by atoms with Gasteiger partial charge >= 0.3 is 0 Å². The molecule has 0 aromatic heterocycles. The minimum atomic E-state index is 0.180. The van der Waals surface area contributed by atoms with Gasteiger partial charge in [-0.1, -0.05) is 74.2 Å². The molecule has 0 aliphatic carbocycles. The third-order valence-electron chi connectivity index (χ3n) is 3.73. The summed E-state index contributed by atoms with van der Waals surface area (Å²) >= 11 is 5.91. The number of hydrogen-bond acceptors (Lipinski definition) is 1. The van der Waals surface area contributed by atoms with Gasteiger partial charge in [-0.05, 0) is 52.8 Å². The highest BCUT2D eigenvalue weighted by molar-refractivity contribution is 14.1. The van der Waals surface area contributed by atoms with Crippen molar-refractivity contribution in [1.29, 1.82) is 0 Å². The molecule has 0 spiro atoms. The average molecular weight is 452 g/mol. The van der Waals surface area contributed by atoms with Gasteiger partial charge in [-0.25, -0.2) is 0 Å². The fraction of sp³-hybridized carbons (Fsp3) is 0.647. The van der Waals surface area contributed by atoms with E-state index in [2.05, 4.69) is 63.6 Å². The molecule has 1 atom stereocenters. The lowest BCUT2D eigenvalue weighted by Gasteiger charge is -2.14. The highest BCUT2D eigenvalue weighted by Gasteiger charge is 2.09. The smallest absolute Gasteiger partial charge is 0.0305 e. The standard InChI is InChI=1S/C17H27BrIN/c1-2-3-4-5-6-7-8-9-10-17(20)15-13-14(18)11-12-16(15)19/h11-13,17H,2-10,20H2,1H3. The number of rotatable bonds is 10. The molecule has 2 N–H and O–H groups in total. The molecule has 1 unspecified atom stereocenters. The predicted octanol–water partition coefficient (Wildman–Crippen LogP) is 6.58. The zero-order valence-corrected chi connectivity index (χ0v) is 16.3. The van der Waals surface area contributed by atoms with E-state index in [-0.39, 0.29) is 6.04 Å². The summed E-state index contributed by atoms with van der Waals surface area (Å²) in [6, 6.07) is 6.55. The summed E-state index contributed by atoms with van der Waals surface area (Å²) in [5, 5.41) is 0. The summed E-state index contributed by atoms with van der Waals surface area (Å²) in [5.41, 5.74) is 7.60. The first-order valence-corrected chi connectivity index (χ1v) is 9.73. The maximum absolute atomic E-state index is 6.32. The molecule has 3 heteroatoms. The van der Waals surface area contributed by atoms with Gasteiger partial charge in [0.05, 0.1) is 0 Å². The van der Waals surface area contributed by atoms with Crippen LogP contribution < -0.4 is 5.73 Å². The largest absolute Gasteiger partial charge is 0.324 e. The second-order valence-corrected chi connectivity index (χ2v) is 7.61.